The van der Waals surface area contributed by atoms with E-state index in [0.717, 1.165) is 29.5 Å². The second-order valence-electron chi connectivity index (χ2n) is 6.22. The Bertz CT molecular complexity index is 717. The van der Waals surface area contributed by atoms with Crippen molar-refractivity contribution in [2.24, 2.45) is 0 Å². The van der Waals surface area contributed by atoms with Gasteiger partial charge in [0.2, 0.25) is 0 Å². The van der Waals surface area contributed by atoms with E-state index in [9.17, 15) is 9.18 Å². The summed E-state index contributed by atoms with van der Waals surface area (Å²) in [7, 11) is 0. The molecule has 0 atom stereocenters. The molecule has 4 nitrogen and oxygen atoms in total. The maximum Gasteiger partial charge on any atom is 0.254 e. The molecule has 2 aromatic rings. The number of hydrogen-bond donors (Lipinski definition) is 1. The Morgan fingerprint density at radius 2 is 2.14 bits per heavy atom. The van der Waals surface area contributed by atoms with Crippen LogP contribution in [0.15, 0.2) is 24.5 Å². The minimum atomic E-state index is -0.492. The van der Waals surface area contributed by atoms with Gasteiger partial charge >= 0.3 is 0 Å². The summed E-state index contributed by atoms with van der Waals surface area (Å²) >= 11 is 0. The Labute approximate surface area is 129 Å². The molecule has 1 aliphatic rings. The molecule has 1 aromatic carbocycles. The third kappa shape index (κ3) is 2.89. The normalized spacial score (nSPS) is 14.4. The largest absolute Gasteiger partial charge is 0.350 e. The van der Waals surface area contributed by atoms with Crippen molar-refractivity contribution in [2.45, 2.75) is 45.7 Å². The van der Waals surface area contributed by atoms with Gasteiger partial charge in [0, 0.05) is 17.8 Å². The predicted octanol–water partition coefficient (Wildman–Crippen LogP) is 3.47. The van der Waals surface area contributed by atoms with E-state index in [2.05, 4.69) is 10.4 Å². The Balaban J connectivity index is 1.97. The van der Waals surface area contributed by atoms with Crippen molar-refractivity contribution in [3.63, 3.8) is 0 Å². The fourth-order valence-corrected chi connectivity index (χ4v) is 2.51. The van der Waals surface area contributed by atoms with Crippen molar-refractivity contribution in [1.82, 2.24) is 15.1 Å². The number of benzene rings is 1. The fourth-order valence-electron chi connectivity index (χ4n) is 2.51. The highest BCUT2D eigenvalue weighted by Gasteiger charge is 2.25. The van der Waals surface area contributed by atoms with Crippen LogP contribution in [0.4, 0.5) is 4.39 Å². The van der Waals surface area contributed by atoms with Crippen LogP contribution in [0.2, 0.25) is 0 Å². The number of hydrogen-bond acceptors (Lipinski definition) is 2. The van der Waals surface area contributed by atoms with Crippen molar-refractivity contribution in [3.8, 4) is 11.1 Å². The lowest BCUT2D eigenvalue weighted by molar-refractivity contribution is 0.0939. The maximum absolute atomic E-state index is 14.1. The second kappa shape index (κ2) is 5.55. The van der Waals surface area contributed by atoms with Gasteiger partial charge in [0.1, 0.15) is 5.82 Å². The maximum atomic E-state index is 14.1. The van der Waals surface area contributed by atoms with E-state index in [0.29, 0.717) is 6.04 Å². The van der Waals surface area contributed by atoms with E-state index in [1.165, 1.54) is 6.07 Å². The molecular formula is C17H20FN3O. The molecule has 1 amide bonds. The van der Waals surface area contributed by atoms with Crippen LogP contribution in [-0.2, 0) is 0 Å². The van der Waals surface area contributed by atoms with Gasteiger partial charge in [0.15, 0.2) is 0 Å². The molecule has 116 valence electrons. The van der Waals surface area contributed by atoms with Crippen LogP contribution < -0.4 is 5.32 Å². The molecule has 0 spiro atoms. The third-order valence-electron chi connectivity index (χ3n) is 3.81. The molecule has 3 rings (SSSR count). The average Bonchev–Trinajstić information content (AvgIpc) is 3.17. The number of aryl methyl sites for hydroxylation is 1. The number of amides is 1. The van der Waals surface area contributed by atoms with Crippen molar-refractivity contribution in [1.29, 1.82) is 0 Å². The molecule has 0 radical (unpaired) electrons. The monoisotopic (exact) mass is 301 g/mol. The Morgan fingerprint density at radius 3 is 2.77 bits per heavy atom. The van der Waals surface area contributed by atoms with Crippen molar-refractivity contribution < 1.29 is 9.18 Å². The first-order valence-electron chi connectivity index (χ1n) is 7.61. The van der Waals surface area contributed by atoms with E-state index in [4.69, 9.17) is 0 Å². The Kier molecular flexibility index (Phi) is 3.72. The van der Waals surface area contributed by atoms with Gasteiger partial charge in [-0.15, -0.1) is 0 Å². The first-order valence-corrected chi connectivity index (χ1v) is 7.61. The minimum absolute atomic E-state index is 0.0331. The molecule has 1 aromatic heterocycles. The van der Waals surface area contributed by atoms with E-state index >= 15 is 0 Å². The van der Waals surface area contributed by atoms with Gasteiger partial charge in [-0.2, -0.15) is 5.10 Å². The summed E-state index contributed by atoms with van der Waals surface area (Å²) in [6, 6.07) is 3.50. The summed E-state index contributed by atoms with van der Waals surface area (Å²) in [5.41, 5.74) is 2.65. The van der Waals surface area contributed by atoms with E-state index < -0.39 is 5.82 Å². The smallest absolute Gasteiger partial charge is 0.254 e. The molecule has 0 aliphatic heterocycles. The molecular weight excluding hydrogens is 281 g/mol. The first kappa shape index (κ1) is 14.8. The van der Waals surface area contributed by atoms with E-state index in [1.54, 1.807) is 12.3 Å². The standard InChI is InChI=1S/C17H20FN3O/c1-10(2)20-17(22)15-7-14(11(3)6-16(15)18)12-8-19-21(9-12)13-4-5-13/h6-10,13H,4-5H2,1-3H3,(H,20,22). The van der Waals surface area contributed by atoms with E-state index in [-0.39, 0.29) is 17.5 Å². The summed E-state index contributed by atoms with van der Waals surface area (Å²) < 4.78 is 16.1. The zero-order valence-corrected chi connectivity index (χ0v) is 13.1. The number of nitrogens with zero attached hydrogens (tertiary/aromatic N) is 2. The molecule has 1 fully saturated rings. The molecule has 5 heteroatoms. The number of halogens is 1. The van der Waals surface area contributed by atoms with Gasteiger partial charge in [-0.3, -0.25) is 9.48 Å². The predicted molar refractivity (Wildman–Crippen MR) is 83.2 cm³/mol. The average molecular weight is 301 g/mol. The molecule has 0 unspecified atom stereocenters. The Morgan fingerprint density at radius 1 is 1.41 bits per heavy atom. The number of carbonyl (C=O) groups is 1. The lowest BCUT2D eigenvalue weighted by Crippen LogP contribution is -2.30. The van der Waals surface area contributed by atoms with Gasteiger partial charge < -0.3 is 5.32 Å². The van der Waals surface area contributed by atoms with Gasteiger partial charge in [0.05, 0.1) is 17.8 Å². The van der Waals surface area contributed by atoms with Crippen molar-refractivity contribution in [2.75, 3.05) is 0 Å². The van der Waals surface area contributed by atoms with Crippen LogP contribution in [0.1, 0.15) is 48.7 Å². The van der Waals surface area contributed by atoms with Crippen LogP contribution in [0, 0.1) is 12.7 Å². The Hall–Kier alpha value is -2.17. The highest BCUT2D eigenvalue weighted by molar-refractivity contribution is 5.96. The highest BCUT2D eigenvalue weighted by Crippen LogP contribution is 2.35. The summed E-state index contributed by atoms with van der Waals surface area (Å²) in [5.74, 6) is -0.877. The second-order valence-corrected chi connectivity index (χ2v) is 6.22. The van der Waals surface area contributed by atoms with Gasteiger partial charge in [0.25, 0.3) is 5.91 Å². The molecule has 1 saturated carbocycles. The highest BCUT2D eigenvalue weighted by atomic mass is 19.1. The lowest BCUT2D eigenvalue weighted by atomic mass is 9.99. The number of rotatable bonds is 4. The van der Waals surface area contributed by atoms with Crippen LogP contribution >= 0.6 is 0 Å². The quantitative estimate of drug-likeness (QED) is 0.940. The fraction of sp³-hybridized carbons (Fsp3) is 0.412. The van der Waals surface area contributed by atoms with Crippen LogP contribution in [0.25, 0.3) is 11.1 Å². The van der Waals surface area contributed by atoms with Crippen molar-refractivity contribution in [3.05, 3.63) is 41.5 Å². The number of nitrogens with one attached hydrogen (secondary N) is 1. The molecule has 0 saturated heterocycles. The minimum Gasteiger partial charge on any atom is -0.350 e. The summed E-state index contributed by atoms with van der Waals surface area (Å²) in [6.07, 6.45) is 6.07. The van der Waals surface area contributed by atoms with Gasteiger partial charge in [-0.05, 0) is 56.9 Å². The molecule has 1 heterocycles. The summed E-state index contributed by atoms with van der Waals surface area (Å²) in [6.45, 7) is 5.55. The van der Waals surface area contributed by atoms with Crippen LogP contribution in [-0.4, -0.2) is 21.7 Å². The van der Waals surface area contributed by atoms with E-state index in [1.807, 2.05) is 31.6 Å². The van der Waals surface area contributed by atoms with Gasteiger partial charge in [-0.25, -0.2) is 4.39 Å². The van der Waals surface area contributed by atoms with Crippen molar-refractivity contribution >= 4 is 5.91 Å². The summed E-state index contributed by atoms with van der Waals surface area (Å²) in [4.78, 5) is 12.1. The summed E-state index contributed by atoms with van der Waals surface area (Å²) in [5, 5.41) is 7.10. The topological polar surface area (TPSA) is 46.9 Å². The molecule has 1 aliphatic carbocycles. The van der Waals surface area contributed by atoms with Crippen LogP contribution in [0.5, 0.6) is 0 Å². The molecule has 1 N–H and O–H groups in total. The van der Waals surface area contributed by atoms with Crippen LogP contribution in [0.3, 0.4) is 0 Å². The lowest BCUT2D eigenvalue weighted by Gasteiger charge is -2.12. The third-order valence-corrected chi connectivity index (χ3v) is 3.81. The zero-order valence-electron chi connectivity index (χ0n) is 13.1. The number of carbonyl (C=O) groups excluding carboxylic acids is 1. The first-order chi connectivity index (χ1) is 10.5. The molecule has 22 heavy (non-hydrogen) atoms. The number of aromatic nitrogens is 2. The SMILES string of the molecule is Cc1cc(F)c(C(=O)NC(C)C)cc1-c1cnn(C2CC2)c1. The molecule has 0 bridgehead atoms. The van der Waals surface area contributed by atoms with Gasteiger partial charge in [-0.1, -0.05) is 0 Å². The zero-order chi connectivity index (χ0) is 15.9.